The molecular weight excluding hydrogens is 170 g/mol. The molecule has 1 rings (SSSR count). The number of rotatable bonds is 2. The van der Waals surface area contributed by atoms with Gasteiger partial charge in [0.15, 0.2) is 0 Å². The van der Waals surface area contributed by atoms with Crippen molar-refractivity contribution in [2.45, 2.75) is 0 Å². The van der Waals surface area contributed by atoms with E-state index in [4.69, 9.17) is 5.41 Å². The number of methoxy groups -OCH3 is 1. The number of hydrogen-bond acceptors (Lipinski definition) is 5. The fraction of sp³-hybridized carbons (Fsp3) is 0.125. The highest BCUT2D eigenvalue weighted by Gasteiger charge is 2.12. The summed E-state index contributed by atoms with van der Waals surface area (Å²) in [5.41, 5.74) is 0.100. The molecule has 0 aromatic heterocycles. The summed E-state index contributed by atoms with van der Waals surface area (Å²) in [6.07, 6.45) is 5.74. The quantitative estimate of drug-likeness (QED) is 0.361. The van der Waals surface area contributed by atoms with Crippen molar-refractivity contribution >= 4 is 18.4 Å². The zero-order chi connectivity index (χ0) is 9.68. The fourth-order valence-corrected chi connectivity index (χ4v) is 0.806. The Morgan fingerprint density at radius 1 is 1.77 bits per heavy atom. The predicted molar refractivity (Wildman–Crippen MR) is 48.6 cm³/mol. The van der Waals surface area contributed by atoms with Gasteiger partial charge in [-0.15, -0.1) is 0 Å². The van der Waals surface area contributed by atoms with Crippen molar-refractivity contribution in [1.82, 2.24) is 5.32 Å². The molecule has 5 nitrogen and oxygen atoms in total. The van der Waals surface area contributed by atoms with E-state index in [-0.39, 0.29) is 5.57 Å². The van der Waals surface area contributed by atoms with E-state index in [2.05, 4.69) is 15.0 Å². The molecule has 0 spiro atoms. The van der Waals surface area contributed by atoms with E-state index in [9.17, 15) is 4.79 Å². The molecule has 0 aliphatic carbocycles. The number of nitrogens with one attached hydrogen (secondary N) is 2. The third-order valence-electron chi connectivity index (χ3n) is 1.41. The van der Waals surface area contributed by atoms with Crippen molar-refractivity contribution in [2.24, 2.45) is 4.99 Å². The van der Waals surface area contributed by atoms with E-state index in [0.29, 0.717) is 5.82 Å². The first-order valence-electron chi connectivity index (χ1n) is 3.58. The molecule has 0 amide bonds. The van der Waals surface area contributed by atoms with Crippen LogP contribution in [-0.2, 0) is 9.53 Å². The smallest absolute Gasteiger partial charge is 0.343 e. The SMILES string of the molecule is COC(=O)/C(C=N)=C1\N=CC=CN1. The minimum Gasteiger partial charge on any atom is -0.465 e. The number of hydrogen-bond donors (Lipinski definition) is 2. The average molecular weight is 179 g/mol. The summed E-state index contributed by atoms with van der Waals surface area (Å²) < 4.78 is 4.47. The molecule has 0 atom stereocenters. The first-order chi connectivity index (χ1) is 6.29. The van der Waals surface area contributed by atoms with Crippen molar-refractivity contribution < 1.29 is 9.53 Å². The summed E-state index contributed by atoms with van der Waals surface area (Å²) in [4.78, 5) is 14.9. The molecule has 1 heterocycles. The van der Waals surface area contributed by atoms with Gasteiger partial charge in [-0.25, -0.2) is 9.79 Å². The van der Waals surface area contributed by atoms with Crippen LogP contribution in [0.2, 0.25) is 0 Å². The lowest BCUT2D eigenvalue weighted by Crippen LogP contribution is -2.16. The maximum Gasteiger partial charge on any atom is 0.343 e. The van der Waals surface area contributed by atoms with Gasteiger partial charge < -0.3 is 15.5 Å². The predicted octanol–water partition coefficient (Wildman–Crippen LogP) is 0.208. The van der Waals surface area contributed by atoms with E-state index in [1.165, 1.54) is 13.3 Å². The molecule has 0 unspecified atom stereocenters. The van der Waals surface area contributed by atoms with Gasteiger partial charge >= 0.3 is 5.97 Å². The van der Waals surface area contributed by atoms with Crippen LogP contribution in [0.4, 0.5) is 0 Å². The summed E-state index contributed by atoms with van der Waals surface area (Å²) in [6, 6.07) is 0. The van der Waals surface area contributed by atoms with Crippen LogP contribution < -0.4 is 5.32 Å². The minimum absolute atomic E-state index is 0.100. The van der Waals surface area contributed by atoms with Gasteiger partial charge in [0, 0.05) is 18.6 Å². The molecule has 1 aliphatic heterocycles. The molecule has 68 valence electrons. The first kappa shape index (κ1) is 9.18. The van der Waals surface area contributed by atoms with Crippen LogP contribution in [0, 0.1) is 5.41 Å². The van der Waals surface area contributed by atoms with Crippen molar-refractivity contribution in [1.29, 1.82) is 5.41 Å². The number of nitrogens with zero attached hydrogens (tertiary/aromatic N) is 1. The molecule has 5 heteroatoms. The van der Waals surface area contributed by atoms with Gasteiger partial charge in [0.1, 0.15) is 11.4 Å². The van der Waals surface area contributed by atoms with Crippen LogP contribution in [0.3, 0.4) is 0 Å². The van der Waals surface area contributed by atoms with Gasteiger partial charge in [-0.3, -0.25) is 0 Å². The Labute approximate surface area is 75.3 Å². The maximum absolute atomic E-state index is 11.1. The average Bonchev–Trinajstić information content (AvgIpc) is 2.20. The lowest BCUT2D eigenvalue weighted by Gasteiger charge is -2.07. The van der Waals surface area contributed by atoms with Crippen LogP contribution in [0.15, 0.2) is 28.7 Å². The monoisotopic (exact) mass is 179 g/mol. The molecule has 0 saturated heterocycles. The van der Waals surface area contributed by atoms with Gasteiger partial charge in [-0.2, -0.15) is 0 Å². The van der Waals surface area contributed by atoms with Gasteiger partial charge in [0.05, 0.1) is 7.11 Å². The first-order valence-corrected chi connectivity index (χ1v) is 3.58. The molecule has 2 N–H and O–H groups in total. The number of ether oxygens (including phenoxy) is 1. The van der Waals surface area contributed by atoms with Crippen LogP contribution >= 0.6 is 0 Å². The molecule has 0 saturated carbocycles. The number of esters is 1. The molecule has 1 aliphatic rings. The Morgan fingerprint density at radius 2 is 2.54 bits per heavy atom. The van der Waals surface area contributed by atoms with Crippen molar-refractivity contribution in [3.8, 4) is 0 Å². The summed E-state index contributed by atoms with van der Waals surface area (Å²) in [5.74, 6) is -0.255. The number of allylic oxidation sites excluding steroid dienone is 1. The Morgan fingerprint density at radius 3 is 3.00 bits per heavy atom. The van der Waals surface area contributed by atoms with Gasteiger partial charge in [0.25, 0.3) is 0 Å². The van der Waals surface area contributed by atoms with E-state index < -0.39 is 5.97 Å². The lowest BCUT2D eigenvalue weighted by atomic mass is 10.3. The van der Waals surface area contributed by atoms with Crippen LogP contribution in [-0.4, -0.2) is 25.5 Å². The summed E-state index contributed by atoms with van der Waals surface area (Å²) in [5, 5.41) is 9.74. The van der Waals surface area contributed by atoms with Crippen molar-refractivity contribution in [3.05, 3.63) is 23.7 Å². The summed E-state index contributed by atoms with van der Waals surface area (Å²) >= 11 is 0. The molecular formula is C8H9N3O2. The number of aliphatic imine (C=N–C) groups is 1. The molecule has 0 aromatic carbocycles. The zero-order valence-corrected chi connectivity index (χ0v) is 7.07. The van der Waals surface area contributed by atoms with Crippen LogP contribution in [0.5, 0.6) is 0 Å². The van der Waals surface area contributed by atoms with Gasteiger partial charge in [-0.1, -0.05) is 0 Å². The van der Waals surface area contributed by atoms with E-state index in [1.54, 1.807) is 12.3 Å². The lowest BCUT2D eigenvalue weighted by molar-refractivity contribution is -0.135. The number of carbonyl (C=O) groups is 1. The largest absolute Gasteiger partial charge is 0.465 e. The number of carbonyl (C=O) groups excluding carboxylic acids is 1. The second-order valence-corrected chi connectivity index (χ2v) is 2.18. The van der Waals surface area contributed by atoms with E-state index in [0.717, 1.165) is 6.21 Å². The summed E-state index contributed by atoms with van der Waals surface area (Å²) in [7, 11) is 1.26. The zero-order valence-electron chi connectivity index (χ0n) is 7.07. The third kappa shape index (κ3) is 2.02. The highest BCUT2D eigenvalue weighted by atomic mass is 16.5. The Balaban J connectivity index is 2.98. The normalized spacial score (nSPS) is 17.6. The summed E-state index contributed by atoms with van der Waals surface area (Å²) in [6.45, 7) is 0. The van der Waals surface area contributed by atoms with Crippen LogP contribution in [0.1, 0.15) is 0 Å². The Kier molecular flexibility index (Phi) is 2.97. The standard InChI is InChI=1S/C8H9N3O2/c1-13-8(12)6(5-9)7-10-3-2-4-11-7/h2-5,9-10H,1H3/b7-6-,9-5?. The Bertz CT molecular complexity index is 315. The topological polar surface area (TPSA) is 74.5 Å². The van der Waals surface area contributed by atoms with E-state index >= 15 is 0 Å². The highest BCUT2D eigenvalue weighted by Crippen LogP contribution is 2.04. The molecule has 0 radical (unpaired) electrons. The molecule has 0 fully saturated rings. The fourth-order valence-electron chi connectivity index (χ4n) is 0.806. The molecule has 0 bridgehead atoms. The Hall–Kier alpha value is -1.91. The van der Waals surface area contributed by atoms with Gasteiger partial charge in [0.2, 0.25) is 0 Å². The van der Waals surface area contributed by atoms with Gasteiger partial charge in [-0.05, 0) is 6.08 Å². The third-order valence-corrected chi connectivity index (χ3v) is 1.41. The van der Waals surface area contributed by atoms with E-state index in [1.807, 2.05) is 0 Å². The molecule has 0 aromatic rings. The maximum atomic E-state index is 11.1. The van der Waals surface area contributed by atoms with Crippen LogP contribution in [0.25, 0.3) is 0 Å². The second-order valence-electron chi connectivity index (χ2n) is 2.18. The highest BCUT2D eigenvalue weighted by molar-refractivity contribution is 6.09. The minimum atomic E-state index is -0.579. The van der Waals surface area contributed by atoms with Crippen molar-refractivity contribution in [3.63, 3.8) is 0 Å². The van der Waals surface area contributed by atoms with Crippen molar-refractivity contribution in [2.75, 3.05) is 7.11 Å². The second kappa shape index (κ2) is 4.20. The molecule has 13 heavy (non-hydrogen) atoms.